The molecule has 0 radical (unpaired) electrons. The summed E-state index contributed by atoms with van der Waals surface area (Å²) in [5.74, 6) is 0.697. The standard InChI is InChI=1S/C12H14INO3/c1-3-15-12(16-4-2)11-9(13)10-8(17-11)6-5-7-14-10/h5-7,12H,3-4H2,1-2H3. The molecule has 0 N–H and O–H groups in total. The van der Waals surface area contributed by atoms with Gasteiger partial charge in [0.05, 0.1) is 3.57 Å². The van der Waals surface area contributed by atoms with E-state index in [1.54, 1.807) is 6.20 Å². The third kappa shape index (κ3) is 2.61. The molecule has 0 bridgehead atoms. The van der Waals surface area contributed by atoms with Gasteiger partial charge in [-0.2, -0.15) is 0 Å². The predicted octanol–water partition coefficient (Wildman–Crippen LogP) is 3.50. The van der Waals surface area contributed by atoms with Gasteiger partial charge in [0.1, 0.15) is 5.52 Å². The molecule has 2 aromatic heterocycles. The minimum absolute atomic E-state index is 0.453. The van der Waals surface area contributed by atoms with Crippen LogP contribution in [0.15, 0.2) is 22.7 Å². The number of fused-ring (bicyclic) bond motifs is 1. The van der Waals surface area contributed by atoms with Crippen molar-refractivity contribution in [3.05, 3.63) is 27.7 Å². The monoisotopic (exact) mass is 347 g/mol. The molecule has 0 saturated heterocycles. The largest absolute Gasteiger partial charge is 0.453 e. The van der Waals surface area contributed by atoms with Crippen LogP contribution in [0.4, 0.5) is 0 Å². The molecule has 0 atom stereocenters. The lowest BCUT2D eigenvalue weighted by molar-refractivity contribution is -0.150. The van der Waals surface area contributed by atoms with Gasteiger partial charge in [-0.25, -0.2) is 0 Å². The van der Waals surface area contributed by atoms with E-state index in [4.69, 9.17) is 13.9 Å². The fraction of sp³-hybridized carbons (Fsp3) is 0.417. The van der Waals surface area contributed by atoms with Crippen LogP contribution in [0.3, 0.4) is 0 Å². The van der Waals surface area contributed by atoms with Gasteiger partial charge in [0.15, 0.2) is 11.3 Å². The van der Waals surface area contributed by atoms with Crippen LogP contribution >= 0.6 is 22.6 Å². The number of hydrogen-bond acceptors (Lipinski definition) is 4. The zero-order valence-corrected chi connectivity index (χ0v) is 11.9. The van der Waals surface area contributed by atoms with Crippen LogP contribution in [0.2, 0.25) is 0 Å². The Morgan fingerprint density at radius 2 is 2.06 bits per heavy atom. The first-order valence-corrected chi connectivity index (χ1v) is 6.61. The second kappa shape index (κ2) is 5.79. The summed E-state index contributed by atoms with van der Waals surface area (Å²) in [4.78, 5) is 4.29. The van der Waals surface area contributed by atoms with Crippen molar-refractivity contribution < 1.29 is 13.9 Å². The minimum Gasteiger partial charge on any atom is -0.453 e. The Morgan fingerprint density at radius 3 is 2.65 bits per heavy atom. The predicted molar refractivity (Wildman–Crippen MR) is 72.7 cm³/mol. The zero-order chi connectivity index (χ0) is 12.3. The minimum atomic E-state index is -0.453. The Morgan fingerprint density at radius 1 is 1.35 bits per heavy atom. The first-order valence-electron chi connectivity index (χ1n) is 5.54. The fourth-order valence-electron chi connectivity index (χ4n) is 1.57. The van der Waals surface area contributed by atoms with Crippen LogP contribution in [0.5, 0.6) is 0 Å². The lowest BCUT2D eigenvalue weighted by atomic mass is 10.3. The molecule has 0 fully saturated rings. The smallest absolute Gasteiger partial charge is 0.218 e. The van der Waals surface area contributed by atoms with Crippen LogP contribution in [0.1, 0.15) is 25.9 Å². The molecule has 2 aromatic rings. The van der Waals surface area contributed by atoms with Gasteiger partial charge >= 0.3 is 0 Å². The number of pyridine rings is 1. The SMILES string of the molecule is CCOC(OCC)c1oc2cccnc2c1I. The van der Waals surface area contributed by atoms with E-state index in [2.05, 4.69) is 27.6 Å². The third-order valence-electron chi connectivity index (χ3n) is 2.27. The second-order valence-electron chi connectivity index (χ2n) is 3.37. The molecule has 2 rings (SSSR count). The molecule has 92 valence electrons. The molecule has 0 aliphatic carbocycles. The van der Waals surface area contributed by atoms with Gasteiger partial charge in [-0.1, -0.05) is 0 Å². The molecule has 0 unspecified atom stereocenters. The van der Waals surface area contributed by atoms with E-state index in [1.165, 1.54) is 0 Å². The number of ether oxygens (including phenoxy) is 2. The molecule has 0 aliphatic heterocycles. The highest BCUT2D eigenvalue weighted by molar-refractivity contribution is 14.1. The Bertz CT molecular complexity index is 491. The van der Waals surface area contributed by atoms with E-state index in [0.29, 0.717) is 19.0 Å². The van der Waals surface area contributed by atoms with Crippen molar-refractivity contribution in [3.63, 3.8) is 0 Å². The molecule has 0 saturated carbocycles. The lowest BCUT2D eigenvalue weighted by Gasteiger charge is -2.14. The average Bonchev–Trinajstić information content (AvgIpc) is 2.67. The molecule has 17 heavy (non-hydrogen) atoms. The number of halogens is 1. The van der Waals surface area contributed by atoms with E-state index < -0.39 is 6.29 Å². The van der Waals surface area contributed by atoms with E-state index in [0.717, 1.165) is 14.7 Å². The van der Waals surface area contributed by atoms with Gasteiger partial charge < -0.3 is 13.9 Å². The molecule has 0 aromatic carbocycles. The number of furan rings is 1. The quantitative estimate of drug-likeness (QED) is 0.613. The Labute approximate surface area is 113 Å². The van der Waals surface area contributed by atoms with Gasteiger partial charge in [-0.3, -0.25) is 4.98 Å². The number of aromatic nitrogens is 1. The maximum atomic E-state index is 5.75. The Hall–Kier alpha value is -0.660. The summed E-state index contributed by atoms with van der Waals surface area (Å²) in [6.45, 7) is 5.01. The average molecular weight is 347 g/mol. The van der Waals surface area contributed by atoms with Crippen LogP contribution in [-0.2, 0) is 9.47 Å². The molecular formula is C12H14INO3. The summed E-state index contributed by atoms with van der Waals surface area (Å²) in [7, 11) is 0. The highest BCUT2D eigenvalue weighted by Gasteiger charge is 2.22. The summed E-state index contributed by atoms with van der Waals surface area (Å²) in [6, 6.07) is 3.74. The summed E-state index contributed by atoms with van der Waals surface area (Å²) in [5, 5.41) is 0. The van der Waals surface area contributed by atoms with Crippen molar-refractivity contribution in [1.82, 2.24) is 4.98 Å². The van der Waals surface area contributed by atoms with Crippen molar-refractivity contribution in [3.8, 4) is 0 Å². The summed E-state index contributed by atoms with van der Waals surface area (Å²) in [6.07, 6.45) is 1.30. The third-order valence-corrected chi connectivity index (χ3v) is 3.31. The molecular weight excluding hydrogens is 333 g/mol. The molecule has 5 heteroatoms. The van der Waals surface area contributed by atoms with Crippen LogP contribution in [-0.4, -0.2) is 18.2 Å². The van der Waals surface area contributed by atoms with Crippen molar-refractivity contribution in [2.75, 3.05) is 13.2 Å². The number of nitrogens with zero attached hydrogens (tertiary/aromatic N) is 1. The normalized spacial score (nSPS) is 11.5. The van der Waals surface area contributed by atoms with Crippen molar-refractivity contribution in [1.29, 1.82) is 0 Å². The van der Waals surface area contributed by atoms with Gasteiger partial charge in [0.2, 0.25) is 6.29 Å². The van der Waals surface area contributed by atoms with Crippen LogP contribution < -0.4 is 0 Å². The molecule has 0 amide bonds. The highest BCUT2D eigenvalue weighted by atomic mass is 127. The van der Waals surface area contributed by atoms with Gasteiger partial charge in [0, 0.05) is 19.4 Å². The summed E-state index contributed by atoms with van der Waals surface area (Å²) >= 11 is 2.21. The first-order chi connectivity index (χ1) is 8.27. The van der Waals surface area contributed by atoms with Crippen LogP contribution in [0, 0.1) is 3.57 Å². The summed E-state index contributed by atoms with van der Waals surface area (Å²) < 4.78 is 17.8. The van der Waals surface area contributed by atoms with Crippen molar-refractivity contribution >= 4 is 33.7 Å². The van der Waals surface area contributed by atoms with Gasteiger partial charge in [-0.15, -0.1) is 0 Å². The van der Waals surface area contributed by atoms with Gasteiger partial charge in [0.25, 0.3) is 0 Å². The van der Waals surface area contributed by atoms with E-state index in [1.807, 2.05) is 26.0 Å². The van der Waals surface area contributed by atoms with Crippen molar-refractivity contribution in [2.45, 2.75) is 20.1 Å². The zero-order valence-electron chi connectivity index (χ0n) is 9.77. The van der Waals surface area contributed by atoms with E-state index in [9.17, 15) is 0 Å². The first kappa shape index (κ1) is 12.8. The topological polar surface area (TPSA) is 44.5 Å². The lowest BCUT2D eigenvalue weighted by Crippen LogP contribution is -2.09. The fourth-order valence-corrected chi connectivity index (χ4v) is 2.34. The second-order valence-corrected chi connectivity index (χ2v) is 4.45. The van der Waals surface area contributed by atoms with Crippen molar-refractivity contribution in [2.24, 2.45) is 0 Å². The maximum Gasteiger partial charge on any atom is 0.218 e. The number of rotatable bonds is 5. The number of hydrogen-bond donors (Lipinski definition) is 0. The van der Waals surface area contributed by atoms with E-state index >= 15 is 0 Å². The molecule has 4 nitrogen and oxygen atoms in total. The van der Waals surface area contributed by atoms with Gasteiger partial charge in [-0.05, 0) is 48.6 Å². The molecule has 0 spiro atoms. The molecule has 0 aliphatic rings. The highest BCUT2D eigenvalue weighted by Crippen LogP contribution is 2.32. The Balaban J connectivity index is 2.42. The Kier molecular flexibility index (Phi) is 4.36. The summed E-state index contributed by atoms with van der Waals surface area (Å²) in [5.41, 5.74) is 1.61. The van der Waals surface area contributed by atoms with E-state index in [-0.39, 0.29) is 0 Å². The molecule has 2 heterocycles. The van der Waals surface area contributed by atoms with Crippen LogP contribution in [0.25, 0.3) is 11.1 Å². The maximum absolute atomic E-state index is 5.75.